The highest BCUT2D eigenvalue weighted by molar-refractivity contribution is 6.24. The molecule has 206 valence electrons. The number of unbranched alkanes of at least 4 members (excludes halogenated alkanes) is 1. The topological polar surface area (TPSA) is 74.7 Å². The second-order valence-corrected chi connectivity index (χ2v) is 10.7. The first kappa shape index (κ1) is 27.4. The number of nitrogens with zero attached hydrogens (tertiary/aromatic N) is 1. The van der Waals surface area contributed by atoms with E-state index in [1.165, 1.54) is 5.56 Å². The van der Waals surface area contributed by atoms with Crippen molar-refractivity contribution in [3.8, 4) is 5.75 Å². The second-order valence-electron chi connectivity index (χ2n) is 10.7. The quantitative estimate of drug-likeness (QED) is 0.159. The predicted molar refractivity (Wildman–Crippen MR) is 162 cm³/mol. The summed E-state index contributed by atoms with van der Waals surface area (Å²) in [4.78, 5) is 21.8. The number of ketones is 1. The molecule has 1 unspecified atom stereocenters. The van der Waals surface area contributed by atoms with E-state index in [1.54, 1.807) is 0 Å². The molecule has 0 radical (unpaired) electrons. The van der Waals surface area contributed by atoms with Crippen molar-refractivity contribution in [3.63, 3.8) is 0 Å². The van der Waals surface area contributed by atoms with Crippen molar-refractivity contribution in [2.75, 3.05) is 6.54 Å². The fraction of sp³-hybridized carbons (Fsp3) is 0.314. The zero-order chi connectivity index (χ0) is 27.9. The van der Waals surface area contributed by atoms with Crippen LogP contribution in [-0.4, -0.2) is 28.1 Å². The van der Waals surface area contributed by atoms with Gasteiger partial charge in [0.05, 0.1) is 5.57 Å². The van der Waals surface area contributed by atoms with Crippen molar-refractivity contribution < 1.29 is 14.6 Å². The predicted octanol–water partition coefficient (Wildman–Crippen LogP) is 8.19. The minimum absolute atomic E-state index is 0.00376. The van der Waals surface area contributed by atoms with E-state index in [1.807, 2.05) is 42.5 Å². The number of rotatable bonds is 10. The Labute approximate surface area is 236 Å². The van der Waals surface area contributed by atoms with Crippen LogP contribution in [-0.2, 0) is 17.8 Å². The van der Waals surface area contributed by atoms with Crippen LogP contribution in [0.2, 0.25) is 0 Å². The van der Waals surface area contributed by atoms with Crippen LogP contribution >= 0.6 is 0 Å². The Morgan fingerprint density at radius 2 is 1.77 bits per heavy atom. The normalized spacial score (nSPS) is 17.9. The van der Waals surface area contributed by atoms with Crippen LogP contribution in [0.4, 0.5) is 0 Å². The standard InChI is InChI=1S/C35H38N2O3/c1-3-4-15-33(38)35-32(20-27(21-34(35)39)26-13-9-6-10-14-26)36-19-18-29-24(2)37-31-17-16-28(22-30(29)31)40-23-25-11-7-5-8-12-25/h5-14,16-17,22,27,37-38H,3-4,15,18-21,23H2,1-2H3. The lowest BCUT2D eigenvalue weighted by atomic mass is 9.78. The average molecular weight is 535 g/mol. The van der Waals surface area contributed by atoms with E-state index < -0.39 is 0 Å². The molecule has 0 aliphatic heterocycles. The van der Waals surface area contributed by atoms with Gasteiger partial charge in [0, 0.05) is 41.7 Å². The molecule has 1 fully saturated rings. The number of aromatic amines is 1. The molecule has 0 spiro atoms. The maximum Gasteiger partial charge on any atom is 0.168 e. The number of fused-ring (bicyclic) bond motifs is 1. The fourth-order valence-corrected chi connectivity index (χ4v) is 5.61. The van der Waals surface area contributed by atoms with Crippen LogP contribution < -0.4 is 4.74 Å². The average Bonchev–Trinajstić information content (AvgIpc) is 3.29. The van der Waals surface area contributed by atoms with Gasteiger partial charge in [0.25, 0.3) is 0 Å². The maximum absolute atomic E-state index is 13.3. The summed E-state index contributed by atoms with van der Waals surface area (Å²) in [6.45, 7) is 5.23. The number of allylic oxidation sites excluding steroid dienone is 2. The van der Waals surface area contributed by atoms with Gasteiger partial charge in [-0.25, -0.2) is 0 Å². The molecule has 40 heavy (non-hydrogen) atoms. The summed E-state index contributed by atoms with van der Waals surface area (Å²) in [5.74, 6) is 1.10. The minimum atomic E-state index is -0.00376. The zero-order valence-electron chi connectivity index (χ0n) is 23.5. The third kappa shape index (κ3) is 6.36. The Hall–Kier alpha value is -4.12. The van der Waals surface area contributed by atoms with Crippen molar-refractivity contribution >= 4 is 22.4 Å². The Bertz CT molecular complexity index is 1520. The van der Waals surface area contributed by atoms with E-state index in [9.17, 15) is 9.90 Å². The van der Waals surface area contributed by atoms with E-state index in [2.05, 4.69) is 55.2 Å². The Balaban J connectivity index is 1.37. The van der Waals surface area contributed by atoms with Crippen LogP contribution in [0.1, 0.15) is 67.3 Å². The highest BCUT2D eigenvalue weighted by Gasteiger charge is 2.32. The largest absolute Gasteiger partial charge is 0.511 e. The number of aliphatic imine (C=N–C) groups is 1. The highest BCUT2D eigenvalue weighted by Crippen LogP contribution is 2.34. The molecular weight excluding hydrogens is 496 g/mol. The van der Waals surface area contributed by atoms with Crippen molar-refractivity contribution in [1.29, 1.82) is 0 Å². The molecule has 1 heterocycles. The number of aliphatic hydroxyl groups excluding tert-OH is 1. The molecule has 0 saturated heterocycles. The lowest BCUT2D eigenvalue weighted by molar-refractivity contribution is -0.116. The number of nitrogens with one attached hydrogen (secondary N) is 1. The van der Waals surface area contributed by atoms with E-state index in [-0.39, 0.29) is 17.5 Å². The number of carbonyl (C=O) groups excluding carboxylic acids is 1. The van der Waals surface area contributed by atoms with Gasteiger partial charge in [0.15, 0.2) is 5.78 Å². The summed E-state index contributed by atoms with van der Waals surface area (Å²) < 4.78 is 6.09. The van der Waals surface area contributed by atoms with E-state index in [0.29, 0.717) is 38.0 Å². The molecule has 5 heteroatoms. The lowest BCUT2D eigenvalue weighted by Gasteiger charge is -2.26. The molecule has 0 bridgehead atoms. The van der Waals surface area contributed by atoms with E-state index >= 15 is 0 Å². The molecule has 1 aromatic heterocycles. The Kier molecular flexibility index (Phi) is 8.80. The smallest absolute Gasteiger partial charge is 0.168 e. The van der Waals surface area contributed by atoms with Crippen molar-refractivity contribution in [2.24, 2.45) is 4.99 Å². The number of aromatic nitrogens is 1. The fourth-order valence-electron chi connectivity index (χ4n) is 5.61. The summed E-state index contributed by atoms with van der Waals surface area (Å²) in [6.07, 6.45) is 4.11. The molecule has 5 nitrogen and oxygen atoms in total. The molecule has 1 aliphatic carbocycles. The van der Waals surface area contributed by atoms with Crippen LogP contribution in [0.5, 0.6) is 5.75 Å². The Morgan fingerprint density at radius 1 is 1.02 bits per heavy atom. The number of Topliss-reactive ketones (excluding diaryl/α,β-unsaturated/α-hetero) is 1. The summed E-state index contributed by atoms with van der Waals surface area (Å²) in [6, 6.07) is 26.5. The zero-order valence-corrected chi connectivity index (χ0v) is 23.5. The number of benzene rings is 3. The van der Waals surface area contributed by atoms with Gasteiger partial charge in [-0.1, -0.05) is 74.0 Å². The van der Waals surface area contributed by atoms with Gasteiger partial charge in [-0.2, -0.15) is 0 Å². The molecule has 4 aromatic rings. The number of H-pyrrole nitrogens is 1. The molecule has 1 atom stereocenters. The first-order chi connectivity index (χ1) is 19.5. The molecule has 5 rings (SSSR count). The van der Waals surface area contributed by atoms with Gasteiger partial charge in [0.2, 0.25) is 0 Å². The number of hydrogen-bond donors (Lipinski definition) is 2. The van der Waals surface area contributed by atoms with Crippen molar-refractivity contribution in [2.45, 2.75) is 64.9 Å². The van der Waals surface area contributed by atoms with E-state index in [0.717, 1.165) is 58.4 Å². The molecule has 2 N–H and O–H groups in total. The number of aryl methyl sites for hydroxylation is 1. The van der Waals surface area contributed by atoms with Crippen LogP contribution in [0.15, 0.2) is 95.2 Å². The molecular formula is C35H38N2O3. The van der Waals surface area contributed by atoms with Gasteiger partial charge in [-0.3, -0.25) is 9.79 Å². The molecule has 1 aliphatic rings. The first-order valence-electron chi connectivity index (χ1n) is 14.3. The Morgan fingerprint density at radius 3 is 2.52 bits per heavy atom. The lowest BCUT2D eigenvalue weighted by Crippen LogP contribution is -2.27. The third-order valence-electron chi connectivity index (χ3n) is 7.77. The van der Waals surface area contributed by atoms with Crippen LogP contribution in [0.3, 0.4) is 0 Å². The van der Waals surface area contributed by atoms with Crippen LogP contribution in [0.25, 0.3) is 10.9 Å². The number of aliphatic hydroxyl groups is 1. The van der Waals surface area contributed by atoms with Crippen molar-refractivity contribution in [1.82, 2.24) is 4.98 Å². The van der Waals surface area contributed by atoms with Gasteiger partial charge in [-0.05, 0) is 67.0 Å². The highest BCUT2D eigenvalue weighted by atomic mass is 16.5. The molecule has 0 amide bonds. The van der Waals surface area contributed by atoms with Gasteiger partial charge < -0.3 is 14.8 Å². The number of carbonyl (C=O) groups is 1. The summed E-state index contributed by atoms with van der Waals surface area (Å²) in [7, 11) is 0. The van der Waals surface area contributed by atoms with E-state index in [4.69, 9.17) is 9.73 Å². The third-order valence-corrected chi connectivity index (χ3v) is 7.77. The number of hydrogen-bond acceptors (Lipinski definition) is 4. The van der Waals surface area contributed by atoms with Crippen molar-refractivity contribution in [3.05, 3.63) is 113 Å². The maximum atomic E-state index is 13.3. The first-order valence-corrected chi connectivity index (χ1v) is 14.3. The summed E-state index contributed by atoms with van der Waals surface area (Å²) in [5.41, 5.74) is 6.85. The summed E-state index contributed by atoms with van der Waals surface area (Å²) >= 11 is 0. The van der Waals surface area contributed by atoms with Crippen LogP contribution in [0, 0.1) is 6.92 Å². The monoisotopic (exact) mass is 534 g/mol. The second kappa shape index (κ2) is 12.8. The SMILES string of the molecule is CCCCC(O)=C1C(=O)CC(c2ccccc2)CC1=NCCc1c(C)[nH]c2ccc(OCc3ccccc3)cc12. The van der Waals surface area contributed by atoms with Gasteiger partial charge >= 0.3 is 0 Å². The molecule has 1 saturated carbocycles. The summed E-state index contributed by atoms with van der Waals surface area (Å²) in [5, 5.41) is 12.0. The van der Waals surface area contributed by atoms with Gasteiger partial charge in [-0.15, -0.1) is 0 Å². The minimum Gasteiger partial charge on any atom is -0.511 e. The van der Waals surface area contributed by atoms with Gasteiger partial charge in [0.1, 0.15) is 18.1 Å². The number of ether oxygens (including phenoxy) is 1. The molecule has 3 aromatic carbocycles.